The van der Waals surface area contributed by atoms with Crippen molar-refractivity contribution >= 4 is 11.8 Å². The van der Waals surface area contributed by atoms with Crippen molar-refractivity contribution in [2.24, 2.45) is 11.3 Å². The van der Waals surface area contributed by atoms with Crippen LogP contribution in [-0.4, -0.2) is 47.3 Å². The Balaban J connectivity index is 1.73. The van der Waals surface area contributed by atoms with E-state index >= 15 is 0 Å². The van der Waals surface area contributed by atoms with Crippen LogP contribution in [0.25, 0.3) is 0 Å². The fraction of sp³-hybridized carbons (Fsp3) is 0.524. The van der Waals surface area contributed by atoms with Gasteiger partial charge in [-0.2, -0.15) is 0 Å². The Kier molecular flexibility index (Phi) is 4.91. The van der Waals surface area contributed by atoms with E-state index in [0.717, 1.165) is 19.4 Å². The normalized spacial score (nSPS) is 24.6. The first-order chi connectivity index (χ1) is 12.2. The highest BCUT2D eigenvalue weighted by Crippen LogP contribution is 2.41. The summed E-state index contributed by atoms with van der Waals surface area (Å²) in [5.41, 5.74) is 0.110. The van der Waals surface area contributed by atoms with Crippen LogP contribution in [0.5, 0.6) is 0 Å². The number of halogens is 1. The first-order valence-corrected chi connectivity index (χ1v) is 9.17. The number of allylic oxidation sites excluding steroid dienone is 1. The second-order valence-electron chi connectivity index (χ2n) is 8.31. The molecule has 140 valence electrons. The molecular weight excluding hydrogens is 331 g/mol. The molecule has 3 rings (SSSR count). The number of rotatable bonds is 5. The second kappa shape index (κ2) is 6.86. The van der Waals surface area contributed by atoms with Crippen molar-refractivity contribution in [3.05, 3.63) is 48.3 Å². The molecule has 0 N–H and O–H groups in total. The first-order valence-electron chi connectivity index (χ1n) is 9.17. The summed E-state index contributed by atoms with van der Waals surface area (Å²) in [5.74, 6) is -0.0521. The zero-order valence-electron chi connectivity index (χ0n) is 15.7. The van der Waals surface area contributed by atoms with E-state index in [0.29, 0.717) is 17.9 Å². The molecule has 2 amide bonds. The van der Waals surface area contributed by atoms with Crippen molar-refractivity contribution in [1.29, 1.82) is 0 Å². The topological polar surface area (TPSA) is 40.6 Å². The standard InChI is InChI=1S/C21H27FN2O2/c1-5-21(2,3)12-19(25)24-13-14-9-17(18(24)10-14)23(4)20(26)15-7-6-8-16(22)11-15/h5-8,11,14,17-18H,1,9-10,12-13H2,2-4H3/t14-,17+,18-/m0/s1. The third-order valence-corrected chi connectivity index (χ3v) is 5.82. The van der Waals surface area contributed by atoms with E-state index in [1.165, 1.54) is 12.1 Å². The largest absolute Gasteiger partial charge is 0.337 e. The predicted molar refractivity (Wildman–Crippen MR) is 99.1 cm³/mol. The molecule has 0 spiro atoms. The van der Waals surface area contributed by atoms with E-state index in [9.17, 15) is 14.0 Å². The molecule has 5 heteroatoms. The SMILES string of the molecule is C=CC(C)(C)CC(=O)N1C[C@H]2C[C@@H](N(C)C(=O)c3cccc(F)c3)[C@@H]1C2. The molecule has 1 saturated heterocycles. The number of likely N-dealkylation sites (tertiary alicyclic amines) is 1. The van der Waals surface area contributed by atoms with Crippen LogP contribution in [0.2, 0.25) is 0 Å². The Morgan fingerprint density at radius 3 is 2.73 bits per heavy atom. The third kappa shape index (κ3) is 3.53. The molecule has 1 aromatic carbocycles. The minimum atomic E-state index is -0.416. The highest BCUT2D eigenvalue weighted by Gasteiger charge is 2.49. The van der Waals surface area contributed by atoms with Crippen molar-refractivity contribution in [3.63, 3.8) is 0 Å². The summed E-state index contributed by atoms with van der Waals surface area (Å²) in [7, 11) is 1.76. The molecule has 3 atom stereocenters. The zero-order chi connectivity index (χ0) is 19.1. The number of hydrogen-bond donors (Lipinski definition) is 0. The van der Waals surface area contributed by atoms with Crippen LogP contribution >= 0.6 is 0 Å². The number of piperidine rings is 1. The number of fused-ring (bicyclic) bond motifs is 2. The number of carbonyl (C=O) groups is 2. The van der Waals surface area contributed by atoms with Gasteiger partial charge in [-0.05, 0) is 42.4 Å². The molecule has 26 heavy (non-hydrogen) atoms. The lowest BCUT2D eigenvalue weighted by Crippen LogP contribution is -2.53. The van der Waals surface area contributed by atoms with Crippen LogP contribution in [-0.2, 0) is 4.79 Å². The predicted octanol–water partition coefficient (Wildman–Crippen LogP) is 3.49. The highest BCUT2D eigenvalue weighted by atomic mass is 19.1. The van der Waals surface area contributed by atoms with Gasteiger partial charge in [0.1, 0.15) is 5.82 Å². The lowest BCUT2D eigenvalue weighted by molar-refractivity contribution is -0.135. The second-order valence-corrected chi connectivity index (χ2v) is 8.31. The van der Waals surface area contributed by atoms with Gasteiger partial charge in [0, 0.05) is 25.6 Å². The van der Waals surface area contributed by atoms with Crippen molar-refractivity contribution in [3.8, 4) is 0 Å². The molecule has 0 aromatic heterocycles. The van der Waals surface area contributed by atoms with Crippen molar-refractivity contribution in [2.45, 2.75) is 45.2 Å². The molecule has 1 heterocycles. The van der Waals surface area contributed by atoms with Crippen molar-refractivity contribution < 1.29 is 14.0 Å². The van der Waals surface area contributed by atoms with Crippen LogP contribution in [0, 0.1) is 17.2 Å². The molecule has 2 bridgehead atoms. The molecule has 4 nitrogen and oxygen atoms in total. The lowest BCUT2D eigenvalue weighted by Gasteiger charge is -2.39. The van der Waals surface area contributed by atoms with E-state index in [1.807, 2.05) is 24.8 Å². The Hall–Kier alpha value is -2.17. The van der Waals surface area contributed by atoms with Gasteiger partial charge in [-0.15, -0.1) is 6.58 Å². The Morgan fingerprint density at radius 2 is 2.12 bits per heavy atom. The number of nitrogens with zero attached hydrogens (tertiary/aromatic N) is 2. The van der Waals surface area contributed by atoms with E-state index < -0.39 is 5.82 Å². The van der Waals surface area contributed by atoms with Gasteiger partial charge in [-0.25, -0.2) is 4.39 Å². The minimum Gasteiger partial charge on any atom is -0.337 e. The summed E-state index contributed by atoms with van der Waals surface area (Å²) in [4.78, 5) is 29.2. The van der Waals surface area contributed by atoms with E-state index in [-0.39, 0.29) is 29.3 Å². The summed E-state index contributed by atoms with van der Waals surface area (Å²) in [5, 5.41) is 0. The molecule has 1 aliphatic heterocycles. The minimum absolute atomic E-state index is 0.0136. The number of amides is 2. The van der Waals surface area contributed by atoms with E-state index in [4.69, 9.17) is 0 Å². The summed E-state index contributed by atoms with van der Waals surface area (Å²) in [6, 6.07) is 5.81. The van der Waals surface area contributed by atoms with Crippen LogP contribution < -0.4 is 0 Å². The molecule has 0 unspecified atom stereocenters. The number of benzene rings is 1. The monoisotopic (exact) mass is 358 g/mol. The maximum atomic E-state index is 13.4. The molecule has 1 saturated carbocycles. The Morgan fingerprint density at radius 1 is 1.38 bits per heavy atom. The van der Waals surface area contributed by atoms with Crippen LogP contribution in [0.1, 0.15) is 43.5 Å². The highest BCUT2D eigenvalue weighted by molar-refractivity contribution is 5.94. The summed E-state index contributed by atoms with van der Waals surface area (Å²) < 4.78 is 13.4. The van der Waals surface area contributed by atoms with Gasteiger partial charge in [0.2, 0.25) is 5.91 Å². The fourth-order valence-corrected chi connectivity index (χ4v) is 4.23. The van der Waals surface area contributed by atoms with Crippen molar-refractivity contribution in [2.75, 3.05) is 13.6 Å². The van der Waals surface area contributed by atoms with Crippen LogP contribution in [0.3, 0.4) is 0 Å². The quantitative estimate of drug-likeness (QED) is 0.756. The van der Waals surface area contributed by atoms with Crippen molar-refractivity contribution in [1.82, 2.24) is 9.80 Å². The molecule has 2 fully saturated rings. The lowest BCUT2D eigenvalue weighted by atomic mass is 9.88. The van der Waals surface area contributed by atoms with Crippen LogP contribution in [0.4, 0.5) is 4.39 Å². The van der Waals surface area contributed by atoms with Gasteiger partial charge >= 0.3 is 0 Å². The molecule has 0 radical (unpaired) electrons. The third-order valence-electron chi connectivity index (χ3n) is 5.82. The average Bonchev–Trinajstić information content (AvgIpc) is 3.21. The summed E-state index contributed by atoms with van der Waals surface area (Å²) in [6.45, 7) is 8.59. The van der Waals surface area contributed by atoms with Crippen LogP contribution in [0.15, 0.2) is 36.9 Å². The number of hydrogen-bond acceptors (Lipinski definition) is 2. The van der Waals surface area contributed by atoms with E-state index in [2.05, 4.69) is 6.58 Å². The Labute approximate surface area is 154 Å². The molecule has 1 aromatic rings. The van der Waals surface area contributed by atoms with Gasteiger partial charge in [-0.3, -0.25) is 9.59 Å². The molecule has 2 aliphatic rings. The number of likely N-dealkylation sites (N-methyl/N-ethyl adjacent to an activating group) is 1. The van der Waals surface area contributed by atoms with Gasteiger partial charge in [0.25, 0.3) is 5.91 Å². The molecular formula is C21H27FN2O2. The average molecular weight is 358 g/mol. The van der Waals surface area contributed by atoms with Gasteiger partial charge in [0.05, 0.1) is 12.1 Å². The smallest absolute Gasteiger partial charge is 0.254 e. The summed E-state index contributed by atoms with van der Waals surface area (Å²) in [6.07, 6.45) is 4.08. The number of carbonyl (C=O) groups excluding carboxylic acids is 2. The molecule has 1 aliphatic carbocycles. The van der Waals surface area contributed by atoms with Gasteiger partial charge in [0.15, 0.2) is 0 Å². The maximum Gasteiger partial charge on any atom is 0.254 e. The van der Waals surface area contributed by atoms with Gasteiger partial charge < -0.3 is 9.80 Å². The van der Waals surface area contributed by atoms with E-state index in [1.54, 1.807) is 24.1 Å². The first kappa shape index (κ1) is 18.6. The Bertz CT molecular complexity index is 730. The maximum absolute atomic E-state index is 13.4. The fourth-order valence-electron chi connectivity index (χ4n) is 4.23. The van der Waals surface area contributed by atoms with Gasteiger partial charge in [-0.1, -0.05) is 26.0 Å². The zero-order valence-corrected chi connectivity index (χ0v) is 15.7. The summed E-state index contributed by atoms with van der Waals surface area (Å²) >= 11 is 0.